The smallest absolute Gasteiger partial charge is 0.303 e. The predicted octanol–water partition coefficient (Wildman–Crippen LogP) is 2.81. The summed E-state index contributed by atoms with van der Waals surface area (Å²) in [6.07, 6.45) is 11.5. The number of carbonyl (C=O) groups excluding carboxylic acids is 1. The highest BCUT2D eigenvalue weighted by Gasteiger charge is 2.47. The second-order valence-corrected chi connectivity index (χ2v) is 7.87. The maximum absolute atomic E-state index is 11.9. The summed E-state index contributed by atoms with van der Waals surface area (Å²) in [4.78, 5) is 23.1. The monoisotopic (exact) mass is 396 g/mol. The van der Waals surface area contributed by atoms with E-state index >= 15 is 0 Å². The molecule has 2 rings (SSSR count). The van der Waals surface area contributed by atoms with Gasteiger partial charge < -0.3 is 20.5 Å². The molecule has 27 heavy (non-hydrogen) atoms. The maximum atomic E-state index is 11.9. The molecule has 0 aromatic heterocycles. The number of nitrogens with one attached hydrogen (secondary N) is 2. The molecule has 2 bridgehead atoms. The first-order chi connectivity index (χ1) is 13.0. The normalized spacial score (nSPS) is 26.4. The number of fused-ring (bicyclic) bond motifs is 2. The van der Waals surface area contributed by atoms with Crippen molar-refractivity contribution in [2.45, 2.75) is 70.5 Å². The molecule has 2 saturated heterocycles. The molecular formula is C20H32N2O4S. The Morgan fingerprint density at radius 1 is 1.19 bits per heavy atom. The first kappa shape index (κ1) is 21.8. The topological polar surface area (TPSA) is 87.7 Å². The van der Waals surface area contributed by atoms with E-state index in [0.29, 0.717) is 42.0 Å². The van der Waals surface area contributed by atoms with E-state index in [0.717, 1.165) is 38.5 Å². The van der Waals surface area contributed by atoms with E-state index in [1.807, 2.05) is 6.92 Å². The molecule has 0 aliphatic carbocycles. The van der Waals surface area contributed by atoms with Crippen molar-refractivity contribution in [3.8, 4) is 0 Å². The van der Waals surface area contributed by atoms with Gasteiger partial charge in [-0.2, -0.15) is 0 Å². The molecule has 2 aliphatic heterocycles. The Morgan fingerprint density at radius 3 is 2.63 bits per heavy atom. The van der Waals surface area contributed by atoms with Crippen LogP contribution < -0.4 is 10.6 Å². The molecule has 2 fully saturated rings. The van der Waals surface area contributed by atoms with Gasteiger partial charge in [0, 0.05) is 13.0 Å². The summed E-state index contributed by atoms with van der Waals surface area (Å²) in [5.41, 5.74) is 0. The lowest BCUT2D eigenvalue weighted by molar-refractivity contribution is -0.137. The molecule has 0 aromatic carbocycles. The lowest BCUT2D eigenvalue weighted by atomic mass is 9.76. The molecule has 6 nitrogen and oxygen atoms in total. The predicted molar refractivity (Wildman–Crippen MR) is 109 cm³/mol. The Hall–Kier alpha value is -1.47. The summed E-state index contributed by atoms with van der Waals surface area (Å²) < 4.78 is 6.10. The third-order valence-electron chi connectivity index (χ3n) is 5.49. The summed E-state index contributed by atoms with van der Waals surface area (Å²) in [6, 6.07) is 0. The van der Waals surface area contributed by atoms with Crippen LogP contribution in [0.15, 0.2) is 12.2 Å². The molecule has 2 aliphatic rings. The van der Waals surface area contributed by atoms with E-state index in [1.165, 1.54) is 0 Å². The van der Waals surface area contributed by atoms with Gasteiger partial charge in [0.2, 0.25) is 5.91 Å². The van der Waals surface area contributed by atoms with Crippen LogP contribution in [-0.4, -0.2) is 47.3 Å². The van der Waals surface area contributed by atoms with Gasteiger partial charge in [0.15, 0.2) is 0 Å². The number of rotatable bonds is 12. The Kier molecular flexibility index (Phi) is 9.21. The van der Waals surface area contributed by atoms with Crippen molar-refractivity contribution in [3.63, 3.8) is 0 Å². The van der Waals surface area contributed by atoms with Crippen LogP contribution in [0.4, 0.5) is 0 Å². The summed E-state index contributed by atoms with van der Waals surface area (Å²) in [5, 5.41) is 14.6. The van der Waals surface area contributed by atoms with Crippen LogP contribution in [0.5, 0.6) is 0 Å². The summed E-state index contributed by atoms with van der Waals surface area (Å²) in [6.45, 7) is 2.86. The number of aliphatic carboxylic acids is 1. The third kappa shape index (κ3) is 7.22. The molecule has 152 valence electrons. The average molecular weight is 397 g/mol. The largest absolute Gasteiger partial charge is 0.481 e. The van der Waals surface area contributed by atoms with Crippen LogP contribution in [0.1, 0.15) is 58.3 Å². The van der Waals surface area contributed by atoms with E-state index in [-0.39, 0.29) is 18.9 Å². The van der Waals surface area contributed by atoms with E-state index in [1.54, 1.807) is 0 Å². The third-order valence-corrected chi connectivity index (χ3v) is 5.93. The van der Waals surface area contributed by atoms with E-state index in [2.05, 4.69) is 22.8 Å². The number of carboxylic acid groups (broad SMARTS) is 1. The SMILES string of the molecule is CCC(=S)NCC(=O)NCC[C@H]1[C@@H](C/C=C\CCCC(=O)O)[C@H]2CC[C@@H]1O2. The van der Waals surface area contributed by atoms with Gasteiger partial charge in [-0.1, -0.05) is 31.3 Å². The minimum Gasteiger partial charge on any atom is -0.481 e. The molecule has 4 atom stereocenters. The standard InChI is InChI=1S/C20H32N2O4S/c1-2-19(27)22-13-18(23)21-12-11-15-14(16-9-10-17(15)26-16)7-5-3-4-6-8-20(24)25/h3,5,14-17H,2,4,6-13H2,1H3,(H,21,23)(H,22,27)(H,24,25)/b5-3-/t14-,15+,16-,17+/m1/s1. The number of unbranched alkanes of at least 4 members (excludes halogenated alkanes) is 1. The number of hydrogen-bond acceptors (Lipinski definition) is 4. The Labute approximate surface area is 167 Å². The molecule has 7 heteroatoms. The highest BCUT2D eigenvalue weighted by atomic mass is 32.1. The van der Waals surface area contributed by atoms with Crippen LogP contribution in [0.25, 0.3) is 0 Å². The van der Waals surface area contributed by atoms with Crippen LogP contribution in [-0.2, 0) is 14.3 Å². The Bertz CT molecular complexity index is 552. The number of hydrogen-bond donors (Lipinski definition) is 3. The van der Waals surface area contributed by atoms with Crippen molar-refractivity contribution in [2.24, 2.45) is 11.8 Å². The number of amides is 1. The molecule has 2 heterocycles. The zero-order valence-electron chi connectivity index (χ0n) is 16.1. The van der Waals surface area contributed by atoms with Crippen LogP contribution in [0, 0.1) is 11.8 Å². The van der Waals surface area contributed by atoms with E-state index < -0.39 is 5.97 Å². The first-order valence-corrected chi connectivity index (χ1v) is 10.5. The molecule has 0 aromatic rings. The van der Waals surface area contributed by atoms with Gasteiger partial charge in [0.05, 0.1) is 23.7 Å². The van der Waals surface area contributed by atoms with Gasteiger partial charge in [-0.15, -0.1) is 0 Å². The van der Waals surface area contributed by atoms with Crippen molar-refractivity contribution in [2.75, 3.05) is 13.1 Å². The Morgan fingerprint density at radius 2 is 1.93 bits per heavy atom. The van der Waals surface area contributed by atoms with Crippen LogP contribution in [0.3, 0.4) is 0 Å². The minimum atomic E-state index is -0.737. The number of allylic oxidation sites excluding steroid dienone is 2. The molecule has 1 amide bonds. The van der Waals surface area contributed by atoms with Crippen molar-refractivity contribution in [3.05, 3.63) is 12.2 Å². The van der Waals surface area contributed by atoms with E-state index in [4.69, 9.17) is 22.1 Å². The van der Waals surface area contributed by atoms with E-state index in [9.17, 15) is 9.59 Å². The second-order valence-electron chi connectivity index (χ2n) is 7.38. The zero-order valence-corrected chi connectivity index (χ0v) is 16.9. The van der Waals surface area contributed by atoms with Gasteiger partial charge in [-0.05, 0) is 56.8 Å². The average Bonchev–Trinajstić information content (AvgIpc) is 3.24. The minimum absolute atomic E-state index is 0.0234. The highest BCUT2D eigenvalue weighted by molar-refractivity contribution is 7.80. The van der Waals surface area contributed by atoms with Gasteiger partial charge in [0.25, 0.3) is 0 Å². The number of carboxylic acids is 1. The van der Waals surface area contributed by atoms with Gasteiger partial charge in [-0.3, -0.25) is 9.59 Å². The van der Waals surface area contributed by atoms with Crippen LogP contribution >= 0.6 is 12.2 Å². The first-order valence-electron chi connectivity index (χ1n) is 10.1. The molecule has 0 spiro atoms. The molecule has 0 unspecified atom stereocenters. The van der Waals surface area contributed by atoms with Crippen LogP contribution in [0.2, 0.25) is 0 Å². The quantitative estimate of drug-likeness (QED) is 0.267. The highest BCUT2D eigenvalue weighted by Crippen LogP contribution is 2.46. The van der Waals surface area contributed by atoms with Gasteiger partial charge in [0.1, 0.15) is 0 Å². The molecule has 0 radical (unpaired) electrons. The summed E-state index contributed by atoms with van der Waals surface area (Å²) in [5.74, 6) is 0.225. The lowest BCUT2D eigenvalue weighted by Crippen LogP contribution is -2.38. The number of ether oxygens (including phenoxy) is 1. The fraction of sp³-hybridized carbons (Fsp3) is 0.750. The zero-order chi connectivity index (χ0) is 19.6. The number of carbonyl (C=O) groups is 2. The molecule has 3 N–H and O–H groups in total. The van der Waals surface area contributed by atoms with Crippen molar-refractivity contribution in [1.82, 2.24) is 10.6 Å². The van der Waals surface area contributed by atoms with Gasteiger partial charge in [-0.25, -0.2) is 0 Å². The summed E-state index contributed by atoms with van der Waals surface area (Å²) in [7, 11) is 0. The fourth-order valence-corrected chi connectivity index (χ4v) is 4.16. The molecular weight excluding hydrogens is 364 g/mol. The maximum Gasteiger partial charge on any atom is 0.303 e. The number of thiocarbonyl (C=S) groups is 1. The van der Waals surface area contributed by atoms with Crippen molar-refractivity contribution >= 4 is 29.1 Å². The second kappa shape index (κ2) is 11.4. The Balaban J connectivity index is 1.69. The fourth-order valence-electron chi connectivity index (χ4n) is 4.08. The lowest BCUT2D eigenvalue weighted by Gasteiger charge is -2.27. The van der Waals surface area contributed by atoms with Crippen molar-refractivity contribution in [1.29, 1.82) is 0 Å². The van der Waals surface area contributed by atoms with Gasteiger partial charge >= 0.3 is 5.97 Å². The summed E-state index contributed by atoms with van der Waals surface area (Å²) >= 11 is 5.06. The van der Waals surface area contributed by atoms with Crippen molar-refractivity contribution < 1.29 is 19.4 Å². The molecule has 0 saturated carbocycles.